The summed E-state index contributed by atoms with van der Waals surface area (Å²) in [5.41, 5.74) is 0. The van der Waals surface area contributed by atoms with Crippen molar-refractivity contribution >= 4 is 11.7 Å². The molecule has 60 valence electrons. The molecule has 2 heterocycles. The summed E-state index contributed by atoms with van der Waals surface area (Å²) in [5.74, 6) is -0.718. The highest BCUT2D eigenvalue weighted by molar-refractivity contribution is 6.40. The SMILES string of the molecule is O=C1NC2CCCNC2C1=O. The topological polar surface area (TPSA) is 58.2 Å². The Labute approximate surface area is 64.3 Å². The first-order valence-corrected chi connectivity index (χ1v) is 3.87. The third kappa shape index (κ3) is 0.939. The molecule has 4 nitrogen and oxygen atoms in total. The first-order valence-electron chi connectivity index (χ1n) is 3.87. The number of Topliss-reactive ketones (excluding diaryl/α,β-unsaturated/α-hetero) is 1. The van der Waals surface area contributed by atoms with Crippen molar-refractivity contribution in [1.29, 1.82) is 0 Å². The molecule has 2 rings (SSSR count). The van der Waals surface area contributed by atoms with E-state index in [-0.39, 0.29) is 17.9 Å². The van der Waals surface area contributed by atoms with Gasteiger partial charge in [0.2, 0.25) is 5.78 Å². The third-order valence-electron chi connectivity index (χ3n) is 2.28. The maximum absolute atomic E-state index is 11.1. The van der Waals surface area contributed by atoms with Crippen molar-refractivity contribution in [3.8, 4) is 0 Å². The molecular formula is C7H10N2O2. The van der Waals surface area contributed by atoms with Crippen LogP contribution in [0.5, 0.6) is 0 Å². The van der Waals surface area contributed by atoms with Crippen molar-refractivity contribution in [2.75, 3.05) is 6.54 Å². The van der Waals surface area contributed by atoms with E-state index < -0.39 is 5.91 Å². The van der Waals surface area contributed by atoms with E-state index in [2.05, 4.69) is 10.6 Å². The molecule has 2 saturated heterocycles. The standard InChI is InChI=1S/C7H10N2O2/c10-6-5-4(9-7(6)11)2-1-3-8-5/h4-5,8H,1-3H2,(H,9,11). The summed E-state index contributed by atoms with van der Waals surface area (Å²) in [5, 5.41) is 5.68. The van der Waals surface area contributed by atoms with Crippen molar-refractivity contribution in [3.63, 3.8) is 0 Å². The molecule has 2 atom stereocenters. The summed E-state index contributed by atoms with van der Waals surface area (Å²) in [6.45, 7) is 0.849. The fourth-order valence-corrected chi connectivity index (χ4v) is 1.70. The molecule has 2 N–H and O–H groups in total. The van der Waals surface area contributed by atoms with Crippen LogP contribution in [0.25, 0.3) is 0 Å². The Bertz CT molecular complexity index is 214. The number of fused-ring (bicyclic) bond motifs is 1. The van der Waals surface area contributed by atoms with Crippen LogP contribution in [-0.2, 0) is 9.59 Å². The monoisotopic (exact) mass is 154 g/mol. The van der Waals surface area contributed by atoms with Gasteiger partial charge in [0, 0.05) is 0 Å². The molecular weight excluding hydrogens is 144 g/mol. The van der Waals surface area contributed by atoms with Gasteiger partial charge in [0.15, 0.2) is 0 Å². The van der Waals surface area contributed by atoms with E-state index in [1.54, 1.807) is 0 Å². The van der Waals surface area contributed by atoms with Crippen LogP contribution in [0.2, 0.25) is 0 Å². The Balaban J connectivity index is 2.18. The van der Waals surface area contributed by atoms with Gasteiger partial charge in [-0.3, -0.25) is 9.59 Å². The zero-order chi connectivity index (χ0) is 7.84. The number of nitrogens with one attached hydrogen (secondary N) is 2. The Hall–Kier alpha value is -0.900. The number of piperidine rings is 1. The number of ketones is 1. The Kier molecular flexibility index (Phi) is 1.42. The number of hydrogen-bond acceptors (Lipinski definition) is 3. The zero-order valence-electron chi connectivity index (χ0n) is 6.09. The van der Waals surface area contributed by atoms with Crippen molar-refractivity contribution in [2.45, 2.75) is 24.9 Å². The summed E-state index contributed by atoms with van der Waals surface area (Å²) >= 11 is 0. The van der Waals surface area contributed by atoms with Crippen LogP contribution in [0, 0.1) is 0 Å². The van der Waals surface area contributed by atoms with Gasteiger partial charge in [-0.25, -0.2) is 0 Å². The summed E-state index contributed by atoms with van der Waals surface area (Å²) in [7, 11) is 0. The first kappa shape index (κ1) is 6.79. The predicted molar refractivity (Wildman–Crippen MR) is 38.0 cm³/mol. The van der Waals surface area contributed by atoms with E-state index in [0.717, 1.165) is 19.4 Å². The Morgan fingerprint density at radius 1 is 1.36 bits per heavy atom. The summed E-state index contributed by atoms with van der Waals surface area (Å²) in [6, 6.07) is -0.181. The molecule has 0 radical (unpaired) electrons. The van der Waals surface area contributed by atoms with Gasteiger partial charge in [0.1, 0.15) is 0 Å². The number of carbonyl (C=O) groups excluding carboxylic acids is 2. The summed E-state index contributed by atoms with van der Waals surface area (Å²) in [6.07, 6.45) is 1.96. The largest absolute Gasteiger partial charge is 0.345 e. The van der Waals surface area contributed by atoms with Crippen LogP contribution in [0.15, 0.2) is 0 Å². The molecule has 0 aromatic carbocycles. The molecule has 4 heteroatoms. The van der Waals surface area contributed by atoms with Crippen LogP contribution in [0.3, 0.4) is 0 Å². The van der Waals surface area contributed by atoms with Gasteiger partial charge >= 0.3 is 0 Å². The molecule has 2 aliphatic heterocycles. The van der Waals surface area contributed by atoms with Crippen molar-refractivity contribution in [1.82, 2.24) is 10.6 Å². The predicted octanol–water partition coefficient (Wildman–Crippen LogP) is -1.19. The second-order valence-corrected chi connectivity index (χ2v) is 3.02. The van der Waals surface area contributed by atoms with Crippen molar-refractivity contribution in [3.05, 3.63) is 0 Å². The maximum Gasteiger partial charge on any atom is 0.289 e. The fourth-order valence-electron chi connectivity index (χ4n) is 1.70. The lowest BCUT2D eigenvalue weighted by Gasteiger charge is -2.23. The Morgan fingerprint density at radius 2 is 2.18 bits per heavy atom. The molecule has 0 aromatic rings. The molecule has 2 aliphatic rings. The van der Waals surface area contributed by atoms with Crippen LogP contribution in [0.1, 0.15) is 12.8 Å². The van der Waals surface area contributed by atoms with E-state index in [1.807, 2.05) is 0 Å². The number of rotatable bonds is 0. The fraction of sp³-hybridized carbons (Fsp3) is 0.714. The number of hydrogen-bond donors (Lipinski definition) is 2. The van der Waals surface area contributed by atoms with Gasteiger partial charge < -0.3 is 10.6 Å². The first-order chi connectivity index (χ1) is 5.29. The van der Waals surface area contributed by atoms with E-state index >= 15 is 0 Å². The molecule has 11 heavy (non-hydrogen) atoms. The molecule has 0 aromatic heterocycles. The lowest BCUT2D eigenvalue weighted by Crippen LogP contribution is -2.47. The average Bonchev–Trinajstić information content (AvgIpc) is 2.30. The second kappa shape index (κ2) is 2.30. The van der Waals surface area contributed by atoms with Gasteiger partial charge in [0.05, 0.1) is 12.1 Å². The van der Waals surface area contributed by atoms with Gasteiger partial charge in [-0.2, -0.15) is 0 Å². The number of carbonyl (C=O) groups is 2. The van der Waals surface area contributed by atoms with Crippen molar-refractivity contribution < 1.29 is 9.59 Å². The van der Waals surface area contributed by atoms with Gasteiger partial charge in [-0.05, 0) is 19.4 Å². The maximum atomic E-state index is 11.1. The minimum absolute atomic E-state index is 0.0590. The van der Waals surface area contributed by atoms with E-state index in [0.29, 0.717) is 0 Å². The minimum Gasteiger partial charge on any atom is -0.345 e. The highest BCUT2D eigenvalue weighted by Gasteiger charge is 2.41. The highest BCUT2D eigenvalue weighted by atomic mass is 16.2. The lowest BCUT2D eigenvalue weighted by atomic mass is 10.00. The zero-order valence-corrected chi connectivity index (χ0v) is 6.09. The summed E-state index contributed by atoms with van der Waals surface area (Å²) < 4.78 is 0. The number of amides is 1. The van der Waals surface area contributed by atoms with Crippen LogP contribution in [0.4, 0.5) is 0 Å². The van der Waals surface area contributed by atoms with Crippen LogP contribution >= 0.6 is 0 Å². The molecule has 0 aliphatic carbocycles. The Morgan fingerprint density at radius 3 is 2.91 bits per heavy atom. The van der Waals surface area contributed by atoms with Gasteiger partial charge in [0.25, 0.3) is 5.91 Å². The highest BCUT2D eigenvalue weighted by Crippen LogP contribution is 2.14. The van der Waals surface area contributed by atoms with Gasteiger partial charge in [-0.15, -0.1) is 0 Å². The van der Waals surface area contributed by atoms with Crippen LogP contribution < -0.4 is 10.6 Å². The summed E-state index contributed by atoms with van der Waals surface area (Å²) in [4.78, 5) is 21.9. The normalized spacial score (nSPS) is 36.7. The third-order valence-corrected chi connectivity index (χ3v) is 2.28. The van der Waals surface area contributed by atoms with Crippen LogP contribution in [-0.4, -0.2) is 30.3 Å². The molecule has 2 fully saturated rings. The van der Waals surface area contributed by atoms with E-state index in [9.17, 15) is 9.59 Å². The van der Waals surface area contributed by atoms with Crippen molar-refractivity contribution in [2.24, 2.45) is 0 Å². The quantitative estimate of drug-likeness (QED) is 0.431. The van der Waals surface area contributed by atoms with E-state index in [4.69, 9.17) is 0 Å². The second-order valence-electron chi connectivity index (χ2n) is 3.02. The molecule has 2 unspecified atom stereocenters. The molecule has 0 bridgehead atoms. The average molecular weight is 154 g/mol. The van der Waals surface area contributed by atoms with Gasteiger partial charge in [-0.1, -0.05) is 0 Å². The minimum atomic E-state index is -0.422. The smallest absolute Gasteiger partial charge is 0.289 e. The van der Waals surface area contributed by atoms with E-state index in [1.165, 1.54) is 0 Å². The lowest BCUT2D eigenvalue weighted by molar-refractivity contribution is -0.135. The molecule has 1 amide bonds. The molecule has 0 saturated carbocycles. The molecule has 0 spiro atoms.